The van der Waals surface area contributed by atoms with E-state index in [9.17, 15) is 4.39 Å². The molecule has 0 amide bonds. The van der Waals surface area contributed by atoms with Gasteiger partial charge in [-0.3, -0.25) is 0 Å². The summed E-state index contributed by atoms with van der Waals surface area (Å²) in [7, 11) is 2.10. The fraction of sp³-hybridized carbons (Fsp3) is 0.417. The van der Waals surface area contributed by atoms with Crippen LogP contribution < -0.4 is 0 Å². The van der Waals surface area contributed by atoms with Gasteiger partial charge in [-0.15, -0.1) is 0 Å². The number of benzene rings is 1. The molecule has 0 bridgehead atoms. The number of likely N-dealkylation sites (N-methyl/N-ethyl adjacent to an activating group) is 1. The van der Waals surface area contributed by atoms with E-state index in [0.29, 0.717) is 10.8 Å². The van der Waals surface area contributed by atoms with Crippen LogP contribution in [0.5, 0.6) is 0 Å². The summed E-state index contributed by atoms with van der Waals surface area (Å²) in [4.78, 5) is 5.41. The molecule has 3 nitrogen and oxygen atoms in total. The Morgan fingerprint density at radius 3 is 3.00 bits per heavy atom. The first-order chi connectivity index (χ1) is 8.15. The molecule has 1 N–H and O–H groups in total. The molecule has 1 saturated heterocycles. The Bertz CT molecular complexity index is 616. The lowest BCUT2D eigenvalue weighted by molar-refractivity contribution is 0.394. The second-order valence-corrected chi connectivity index (χ2v) is 5.05. The number of likely N-dealkylation sites (tertiary alicyclic amines) is 1. The van der Waals surface area contributed by atoms with E-state index in [2.05, 4.69) is 21.5 Å². The number of nitrogens with zero attached hydrogens (tertiary/aromatic N) is 2. The number of aromatic nitrogens is 2. The van der Waals surface area contributed by atoms with Gasteiger partial charge in [0.1, 0.15) is 5.82 Å². The van der Waals surface area contributed by atoms with Gasteiger partial charge in [-0.05, 0) is 50.4 Å². The number of nitrogens with one attached hydrogen (secondary N) is 1. The van der Waals surface area contributed by atoms with E-state index < -0.39 is 0 Å². The second-order valence-electron chi connectivity index (χ2n) is 4.67. The average molecular weight is 251 g/mol. The largest absolute Gasteiger partial charge is 0.331 e. The van der Waals surface area contributed by atoms with Crippen LogP contribution in [0.4, 0.5) is 4.39 Å². The lowest BCUT2D eigenvalue weighted by Crippen LogP contribution is -2.16. The molecule has 1 aromatic carbocycles. The standard InChI is InChI=1S/C12H14FN3S/c1-15-5-4-9(7-15)16-11-6-8(13)2-3-10(11)14-12(16)17/h2-3,6,9H,4-5,7H2,1H3,(H,14,17). The first kappa shape index (κ1) is 10.9. The van der Waals surface area contributed by atoms with Crippen LogP contribution in [0.25, 0.3) is 11.0 Å². The highest BCUT2D eigenvalue weighted by Crippen LogP contribution is 2.26. The van der Waals surface area contributed by atoms with Gasteiger partial charge < -0.3 is 14.5 Å². The quantitative estimate of drug-likeness (QED) is 0.788. The van der Waals surface area contributed by atoms with Crippen molar-refractivity contribution >= 4 is 23.3 Å². The molecule has 0 aliphatic carbocycles. The van der Waals surface area contributed by atoms with E-state index >= 15 is 0 Å². The topological polar surface area (TPSA) is 24.0 Å². The summed E-state index contributed by atoms with van der Waals surface area (Å²) in [6, 6.07) is 5.11. The van der Waals surface area contributed by atoms with Crippen molar-refractivity contribution in [2.45, 2.75) is 12.5 Å². The number of H-pyrrole nitrogens is 1. The summed E-state index contributed by atoms with van der Waals surface area (Å²) in [5, 5.41) is 0. The zero-order valence-corrected chi connectivity index (χ0v) is 10.4. The number of halogens is 1. The molecule has 5 heteroatoms. The van der Waals surface area contributed by atoms with Gasteiger partial charge in [0.05, 0.1) is 17.1 Å². The molecule has 3 rings (SSSR count). The van der Waals surface area contributed by atoms with Gasteiger partial charge in [0, 0.05) is 6.54 Å². The first-order valence-corrected chi connectivity index (χ1v) is 6.14. The number of aromatic amines is 1. The Morgan fingerprint density at radius 2 is 2.29 bits per heavy atom. The van der Waals surface area contributed by atoms with E-state index in [1.807, 2.05) is 0 Å². The number of hydrogen-bond acceptors (Lipinski definition) is 2. The molecule has 1 aromatic heterocycles. The highest BCUT2D eigenvalue weighted by molar-refractivity contribution is 7.71. The van der Waals surface area contributed by atoms with Crippen molar-refractivity contribution in [1.82, 2.24) is 14.5 Å². The Labute approximate surface area is 104 Å². The molecule has 1 unspecified atom stereocenters. The third-order valence-corrected chi connectivity index (χ3v) is 3.71. The van der Waals surface area contributed by atoms with Crippen molar-refractivity contribution in [1.29, 1.82) is 0 Å². The molecule has 0 spiro atoms. The van der Waals surface area contributed by atoms with Gasteiger partial charge in [0.2, 0.25) is 0 Å². The molecule has 2 heterocycles. The zero-order chi connectivity index (χ0) is 12.0. The summed E-state index contributed by atoms with van der Waals surface area (Å²) in [5.74, 6) is -0.216. The highest BCUT2D eigenvalue weighted by atomic mass is 32.1. The van der Waals surface area contributed by atoms with E-state index in [1.165, 1.54) is 6.07 Å². The van der Waals surface area contributed by atoms with E-state index in [4.69, 9.17) is 12.2 Å². The Morgan fingerprint density at radius 1 is 1.47 bits per heavy atom. The third-order valence-electron chi connectivity index (χ3n) is 3.41. The Kier molecular flexibility index (Phi) is 2.52. The van der Waals surface area contributed by atoms with Crippen molar-refractivity contribution in [3.8, 4) is 0 Å². The van der Waals surface area contributed by atoms with Gasteiger partial charge >= 0.3 is 0 Å². The van der Waals surface area contributed by atoms with Crippen molar-refractivity contribution in [2.75, 3.05) is 20.1 Å². The van der Waals surface area contributed by atoms with Crippen LogP contribution in [0.2, 0.25) is 0 Å². The molecule has 0 saturated carbocycles. The van der Waals surface area contributed by atoms with Gasteiger partial charge in [-0.25, -0.2) is 4.39 Å². The molecule has 0 radical (unpaired) electrons. The minimum Gasteiger partial charge on any atom is -0.331 e. The van der Waals surface area contributed by atoms with Gasteiger partial charge in [-0.2, -0.15) is 0 Å². The smallest absolute Gasteiger partial charge is 0.178 e. The second kappa shape index (κ2) is 3.92. The fourth-order valence-electron chi connectivity index (χ4n) is 2.58. The van der Waals surface area contributed by atoms with Crippen molar-refractivity contribution in [3.63, 3.8) is 0 Å². The Hall–Kier alpha value is -1.20. The van der Waals surface area contributed by atoms with Crippen molar-refractivity contribution in [2.24, 2.45) is 0 Å². The molecule has 17 heavy (non-hydrogen) atoms. The van der Waals surface area contributed by atoms with E-state index in [-0.39, 0.29) is 5.82 Å². The van der Waals surface area contributed by atoms with E-state index in [0.717, 1.165) is 30.5 Å². The average Bonchev–Trinajstić information content (AvgIpc) is 2.81. The maximum atomic E-state index is 13.3. The van der Waals surface area contributed by atoms with E-state index in [1.54, 1.807) is 12.1 Å². The highest BCUT2D eigenvalue weighted by Gasteiger charge is 2.23. The summed E-state index contributed by atoms with van der Waals surface area (Å²) < 4.78 is 16.1. The summed E-state index contributed by atoms with van der Waals surface area (Å²) in [6.07, 6.45) is 1.06. The molecular weight excluding hydrogens is 237 g/mol. The predicted molar refractivity (Wildman–Crippen MR) is 68.2 cm³/mol. The summed E-state index contributed by atoms with van der Waals surface area (Å²) in [6.45, 7) is 2.03. The van der Waals surface area contributed by atoms with Crippen LogP contribution in [0, 0.1) is 10.6 Å². The number of fused-ring (bicyclic) bond motifs is 1. The van der Waals surface area contributed by atoms with Crippen LogP contribution in [-0.4, -0.2) is 34.6 Å². The lowest BCUT2D eigenvalue weighted by Gasteiger charge is -2.13. The van der Waals surface area contributed by atoms with Gasteiger partial charge in [0.25, 0.3) is 0 Å². The van der Waals surface area contributed by atoms with Crippen LogP contribution in [-0.2, 0) is 0 Å². The number of hydrogen-bond donors (Lipinski definition) is 1. The first-order valence-electron chi connectivity index (χ1n) is 5.73. The molecule has 1 fully saturated rings. The maximum absolute atomic E-state index is 13.3. The lowest BCUT2D eigenvalue weighted by atomic mass is 10.2. The number of rotatable bonds is 1. The Balaban J connectivity index is 2.17. The molecule has 1 atom stereocenters. The molecule has 1 aliphatic heterocycles. The summed E-state index contributed by atoms with van der Waals surface area (Å²) in [5.41, 5.74) is 1.78. The maximum Gasteiger partial charge on any atom is 0.178 e. The third kappa shape index (κ3) is 1.79. The monoisotopic (exact) mass is 251 g/mol. The van der Waals surface area contributed by atoms with Crippen molar-refractivity contribution in [3.05, 3.63) is 28.8 Å². The van der Waals surface area contributed by atoms with Crippen LogP contribution in [0.15, 0.2) is 18.2 Å². The normalized spacial score (nSPS) is 21.4. The molecule has 1 aliphatic rings. The zero-order valence-electron chi connectivity index (χ0n) is 9.61. The van der Waals surface area contributed by atoms with Crippen molar-refractivity contribution < 1.29 is 4.39 Å². The summed E-state index contributed by atoms with van der Waals surface area (Å²) >= 11 is 5.34. The van der Waals surface area contributed by atoms with Crippen LogP contribution >= 0.6 is 12.2 Å². The minimum absolute atomic E-state index is 0.216. The molecular formula is C12H14FN3S. The molecule has 90 valence electrons. The fourth-order valence-corrected chi connectivity index (χ4v) is 2.94. The number of imidazole rings is 1. The minimum atomic E-state index is -0.216. The predicted octanol–water partition coefficient (Wildman–Crippen LogP) is 2.71. The van der Waals surface area contributed by atoms with Gasteiger partial charge in [-0.1, -0.05) is 0 Å². The van der Waals surface area contributed by atoms with Crippen LogP contribution in [0.1, 0.15) is 12.5 Å². The van der Waals surface area contributed by atoms with Gasteiger partial charge in [0.15, 0.2) is 4.77 Å². The van der Waals surface area contributed by atoms with Crippen LogP contribution in [0.3, 0.4) is 0 Å². The SMILES string of the molecule is CN1CCC(n2c(=S)[nH]c3ccc(F)cc32)C1. The molecule has 2 aromatic rings.